The molecular weight excluding hydrogens is 382 g/mol. The maximum Gasteiger partial charge on any atom is 0.235 e. The van der Waals surface area contributed by atoms with Crippen LogP contribution in [-0.2, 0) is 16.1 Å². The van der Waals surface area contributed by atoms with Crippen LogP contribution in [0.3, 0.4) is 0 Å². The van der Waals surface area contributed by atoms with Crippen molar-refractivity contribution in [2.45, 2.75) is 13.5 Å². The van der Waals surface area contributed by atoms with Crippen molar-refractivity contribution < 1.29 is 14.1 Å². The molecule has 1 aromatic heterocycles. The number of benzene rings is 1. The number of aromatic nitrogens is 1. The van der Waals surface area contributed by atoms with E-state index in [9.17, 15) is 9.59 Å². The number of aryl methyl sites for hydroxylation is 1. The first-order chi connectivity index (χ1) is 11.0. The van der Waals surface area contributed by atoms with E-state index in [0.717, 1.165) is 10.0 Å². The second-order valence-corrected chi connectivity index (χ2v) is 6.67. The number of nitrogens with zero attached hydrogens (tertiary/aromatic N) is 1. The molecule has 0 unspecified atom stereocenters. The summed E-state index contributed by atoms with van der Waals surface area (Å²) in [6.45, 7) is 2.20. The Morgan fingerprint density at radius 3 is 2.74 bits per heavy atom. The minimum atomic E-state index is -0.219. The van der Waals surface area contributed by atoms with Crippen LogP contribution in [0.15, 0.2) is 39.3 Å². The summed E-state index contributed by atoms with van der Waals surface area (Å²) in [6.07, 6.45) is 0. The average molecular weight is 398 g/mol. The van der Waals surface area contributed by atoms with E-state index in [4.69, 9.17) is 4.52 Å². The summed E-state index contributed by atoms with van der Waals surface area (Å²) < 4.78 is 5.82. The summed E-state index contributed by atoms with van der Waals surface area (Å²) in [7, 11) is 0. The second kappa shape index (κ2) is 8.73. The lowest BCUT2D eigenvalue weighted by atomic mass is 10.2. The van der Waals surface area contributed by atoms with Crippen LogP contribution in [0.4, 0.5) is 5.82 Å². The van der Waals surface area contributed by atoms with E-state index in [1.165, 1.54) is 11.8 Å². The fourth-order valence-electron chi connectivity index (χ4n) is 1.74. The van der Waals surface area contributed by atoms with E-state index < -0.39 is 0 Å². The molecule has 1 aromatic carbocycles. The first-order valence-corrected chi connectivity index (χ1v) is 8.80. The van der Waals surface area contributed by atoms with Gasteiger partial charge < -0.3 is 15.2 Å². The van der Waals surface area contributed by atoms with Crippen LogP contribution in [0.25, 0.3) is 0 Å². The zero-order valence-corrected chi connectivity index (χ0v) is 14.9. The largest absolute Gasteiger partial charge is 0.360 e. The molecule has 0 aliphatic rings. The zero-order chi connectivity index (χ0) is 16.7. The molecule has 0 aliphatic carbocycles. The Morgan fingerprint density at radius 2 is 2.04 bits per heavy atom. The quantitative estimate of drug-likeness (QED) is 0.750. The Morgan fingerprint density at radius 1 is 1.26 bits per heavy atom. The summed E-state index contributed by atoms with van der Waals surface area (Å²) in [5, 5.41) is 9.08. The van der Waals surface area contributed by atoms with Gasteiger partial charge in [-0.05, 0) is 24.6 Å². The van der Waals surface area contributed by atoms with Crippen molar-refractivity contribution in [2.24, 2.45) is 0 Å². The molecule has 23 heavy (non-hydrogen) atoms. The van der Waals surface area contributed by atoms with Crippen molar-refractivity contribution in [1.82, 2.24) is 10.5 Å². The van der Waals surface area contributed by atoms with E-state index in [1.807, 2.05) is 24.3 Å². The topological polar surface area (TPSA) is 84.2 Å². The molecule has 0 bridgehead atoms. The van der Waals surface area contributed by atoms with Gasteiger partial charge >= 0.3 is 0 Å². The molecule has 6 nitrogen and oxygen atoms in total. The number of carbonyl (C=O) groups is 2. The predicted molar refractivity (Wildman–Crippen MR) is 93.2 cm³/mol. The average Bonchev–Trinajstić information content (AvgIpc) is 2.90. The fourth-order valence-corrected chi connectivity index (χ4v) is 2.83. The number of carbonyl (C=O) groups excluding carboxylic acids is 2. The number of hydrogen-bond acceptors (Lipinski definition) is 5. The number of thioether (sulfide) groups is 1. The highest BCUT2D eigenvalue weighted by molar-refractivity contribution is 9.10. The third-order valence-electron chi connectivity index (χ3n) is 2.74. The third kappa shape index (κ3) is 6.45. The number of halogens is 1. The molecule has 2 N–H and O–H groups in total. The number of hydrogen-bond donors (Lipinski definition) is 2. The zero-order valence-electron chi connectivity index (χ0n) is 12.5. The molecule has 0 atom stereocenters. The maximum atomic E-state index is 11.7. The lowest BCUT2D eigenvalue weighted by Crippen LogP contribution is -2.25. The smallest absolute Gasteiger partial charge is 0.235 e. The van der Waals surface area contributed by atoms with E-state index in [1.54, 1.807) is 13.0 Å². The van der Waals surface area contributed by atoms with Crippen molar-refractivity contribution in [1.29, 1.82) is 0 Å². The summed E-state index contributed by atoms with van der Waals surface area (Å²) in [4.78, 5) is 23.4. The Kier molecular flexibility index (Phi) is 6.66. The fraction of sp³-hybridized carbons (Fsp3) is 0.267. The molecule has 0 radical (unpaired) electrons. The molecule has 0 spiro atoms. The van der Waals surface area contributed by atoms with Gasteiger partial charge in [-0.1, -0.05) is 33.2 Å². The van der Waals surface area contributed by atoms with Crippen LogP contribution in [0.1, 0.15) is 11.3 Å². The summed E-state index contributed by atoms with van der Waals surface area (Å²) in [6, 6.07) is 9.35. The lowest BCUT2D eigenvalue weighted by molar-refractivity contribution is -0.118. The first kappa shape index (κ1) is 17.6. The van der Waals surface area contributed by atoms with Gasteiger partial charge in [0.1, 0.15) is 5.76 Å². The molecule has 0 fully saturated rings. The SMILES string of the molecule is Cc1cc(NC(=O)CSCC(=O)NCc2cccc(Br)c2)no1. The normalized spacial score (nSPS) is 10.3. The number of anilines is 1. The minimum absolute atomic E-state index is 0.111. The number of nitrogens with one attached hydrogen (secondary N) is 2. The Balaban J connectivity index is 1.63. The van der Waals surface area contributed by atoms with Gasteiger partial charge in [-0.15, -0.1) is 11.8 Å². The van der Waals surface area contributed by atoms with Crippen LogP contribution in [-0.4, -0.2) is 28.5 Å². The Bertz CT molecular complexity index is 690. The van der Waals surface area contributed by atoms with Crippen molar-refractivity contribution in [3.8, 4) is 0 Å². The lowest BCUT2D eigenvalue weighted by Gasteiger charge is -2.06. The molecule has 122 valence electrons. The number of amides is 2. The first-order valence-electron chi connectivity index (χ1n) is 6.85. The van der Waals surface area contributed by atoms with Gasteiger partial charge in [-0.3, -0.25) is 9.59 Å². The van der Waals surface area contributed by atoms with Crippen molar-refractivity contribution in [2.75, 3.05) is 16.8 Å². The van der Waals surface area contributed by atoms with Crippen LogP contribution in [0, 0.1) is 6.92 Å². The molecule has 8 heteroatoms. The van der Waals surface area contributed by atoms with Gasteiger partial charge in [0.15, 0.2) is 5.82 Å². The molecular formula is C15H16BrN3O3S. The summed E-state index contributed by atoms with van der Waals surface area (Å²) >= 11 is 4.62. The molecule has 1 heterocycles. The van der Waals surface area contributed by atoms with E-state index in [0.29, 0.717) is 18.1 Å². The molecule has 0 aliphatic heterocycles. The van der Waals surface area contributed by atoms with Crippen LogP contribution in [0.2, 0.25) is 0 Å². The van der Waals surface area contributed by atoms with Gasteiger partial charge in [0.2, 0.25) is 11.8 Å². The van der Waals surface area contributed by atoms with Crippen molar-refractivity contribution >= 4 is 45.3 Å². The van der Waals surface area contributed by atoms with Crippen molar-refractivity contribution in [3.63, 3.8) is 0 Å². The summed E-state index contributed by atoms with van der Waals surface area (Å²) in [5.74, 6) is 1.07. The molecule has 2 amide bonds. The van der Waals surface area contributed by atoms with E-state index >= 15 is 0 Å². The highest BCUT2D eigenvalue weighted by atomic mass is 79.9. The molecule has 0 saturated carbocycles. The Labute approximate surface area is 146 Å². The van der Waals surface area contributed by atoms with Gasteiger partial charge in [0, 0.05) is 17.1 Å². The van der Waals surface area contributed by atoms with Crippen molar-refractivity contribution in [3.05, 3.63) is 46.1 Å². The molecule has 2 rings (SSSR count). The minimum Gasteiger partial charge on any atom is -0.360 e. The standard InChI is InChI=1S/C15H16BrN3O3S/c1-10-5-13(19-22-10)18-15(21)9-23-8-14(20)17-7-11-3-2-4-12(16)6-11/h2-6H,7-9H2,1H3,(H,17,20)(H,18,19,21). The highest BCUT2D eigenvalue weighted by Gasteiger charge is 2.08. The predicted octanol–water partition coefficient (Wildman–Crippen LogP) is 2.73. The van der Waals surface area contributed by atoms with Crippen LogP contribution in [0.5, 0.6) is 0 Å². The molecule has 0 saturated heterocycles. The number of rotatable bonds is 7. The Hall–Kier alpha value is -1.80. The van der Waals surface area contributed by atoms with Gasteiger partial charge in [-0.25, -0.2) is 0 Å². The van der Waals surface area contributed by atoms with Gasteiger partial charge in [0.25, 0.3) is 0 Å². The van der Waals surface area contributed by atoms with Crippen LogP contribution < -0.4 is 10.6 Å². The second-order valence-electron chi connectivity index (χ2n) is 4.77. The highest BCUT2D eigenvalue weighted by Crippen LogP contribution is 2.11. The monoisotopic (exact) mass is 397 g/mol. The van der Waals surface area contributed by atoms with Gasteiger partial charge in [0.05, 0.1) is 11.5 Å². The van der Waals surface area contributed by atoms with Crippen LogP contribution >= 0.6 is 27.7 Å². The van der Waals surface area contributed by atoms with E-state index in [2.05, 4.69) is 31.7 Å². The maximum absolute atomic E-state index is 11.7. The van der Waals surface area contributed by atoms with E-state index in [-0.39, 0.29) is 23.3 Å². The third-order valence-corrected chi connectivity index (χ3v) is 4.17. The van der Waals surface area contributed by atoms with Gasteiger partial charge in [-0.2, -0.15) is 0 Å². The molecule has 2 aromatic rings. The summed E-state index contributed by atoms with van der Waals surface area (Å²) in [5.41, 5.74) is 1.01.